The van der Waals surface area contributed by atoms with Gasteiger partial charge in [-0.2, -0.15) is 0 Å². The van der Waals surface area contributed by atoms with Crippen LogP contribution in [0.15, 0.2) is 24.3 Å². The molecule has 0 unspecified atom stereocenters. The summed E-state index contributed by atoms with van der Waals surface area (Å²) < 4.78 is 0. The first kappa shape index (κ1) is 14.9. The molecule has 24 heavy (non-hydrogen) atoms. The lowest BCUT2D eigenvalue weighted by atomic mass is 9.82. The van der Waals surface area contributed by atoms with E-state index in [0.29, 0.717) is 5.92 Å². The van der Waals surface area contributed by atoms with Gasteiger partial charge in [0.25, 0.3) is 0 Å². The van der Waals surface area contributed by atoms with E-state index in [9.17, 15) is 0 Å². The van der Waals surface area contributed by atoms with Gasteiger partial charge < -0.3 is 0 Å². The fraction of sp³-hybridized carbons (Fsp3) is 0.381. The average Bonchev–Trinajstić information content (AvgIpc) is 3.15. The zero-order valence-electron chi connectivity index (χ0n) is 13.9. The molecule has 0 bridgehead atoms. The van der Waals surface area contributed by atoms with Gasteiger partial charge in [-0.3, -0.25) is 0 Å². The van der Waals surface area contributed by atoms with Gasteiger partial charge in [0.15, 0.2) is 0 Å². The molecule has 5 rings (SSSR count). The van der Waals surface area contributed by atoms with Gasteiger partial charge in [0.1, 0.15) is 4.83 Å². The highest BCUT2D eigenvalue weighted by Gasteiger charge is 2.28. The molecule has 0 amide bonds. The summed E-state index contributed by atoms with van der Waals surface area (Å²) in [7, 11) is 0. The molecule has 3 aromatic rings. The van der Waals surface area contributed by atoms with E-state index in [0.717, 1.165) is 11.4 Å². The number of halogens is 1. The van der Waals surface area contributed by atoms with Crippen molar-refractivity contribution in [3.8, 4) is 11.1 Å². The first-order valence-corrected chi connectivity index (χ1v) is 10.1. The van der Waals surface area contributed by atoms with Crippen LogP contribution in [0.3, 0.4) is 0 Å². The fourth-order valence-electron chi connectivity index (χ4n) is 4.50. The average molecular weight is 354 g/mol. The van der Waals surface area contributed by atoms with E-state index < -0.39 is 0 Å². The Hall–Kier alpha value is -1.38. The topological polar surface area (TPSA) is 12.9 Å². The summed E-state index contributed by atoms with van der Waals surface area (Å²) >= 11 is 8.08. The van der Waals surface area contributed by atoms with Crippen LogP contribution in [0, 0.1) is 0 Å². The van der Waals surface area contributed by atoms with Crippen LogP contribution in [0.2, 0.25) is 5.02 Å². The third kappa shape index (κ3) is 2.16. The summed E-state index contributed by atoms with van der Waals surface area (Å²) in [6.07, 6.45) is 7.43. The van der Waals surface area contributed by atoms with Crippen molar-refractivity contribution in [2.45, 2.75) is 51.4 Å². The molecule has 0 saturated heterocycles. The van der Waals surface area contributed by atoms with Gasteiger partial charge in [0.05, 0.1) is 0 Å². The van der Waals surface area contributed by atoms with Crippen molar-refractivity contribution in [3.63, 3.8) is 0 Å². The number of thiophene rings is 1. The van der Waals surface area contributed by atoms with Crippen molar-refractivity contribution in [1.29, 1.82) is 0 Å². The summed E-state index contributed by atoms with van der Waals surface area (Å²) in [4.78, 5) is 7.99. The highest BCUT2D eigenvalue weighted by atomic mass is 35.5. The summed E-state index contributed by atoms with van der Waals surface area (Å²) in [6, 6.07) is 8.42. The van der Waals surface area contributed by atoms with E-state index in [1.54, 1.807) is 10.4 Å². The second kappa shape index (κ2) is 5.57. The minimum atomic E-state index is 0.571. The molecule has 0 spiro atoms. The summed E-state index contributed by atoms with van der Waals surface area (Å²) in [5.74, 6) is 0.571. The number of aromatic nitrogens is 1. The Kier molecular flexibility index (Phi) is 3.46. The molecule has 1 aromatic carbocycles. The van der Waals surface area contributed by atoms with Gasteiger partial charge in [-0.1, -0.05) is 30.7 Å². The van der Waals surface area contributed by atoms with Crippen molar-refractivity contribution >= 4 is 33.2 Å². The van der Waals surface area contributed by atoms with Gasteiger partial charge >= 0.3 is 0 Å². The van der Waals surface area contributed by atoms with Gasteiger partial charge in [0, 0.05) is 21.0 Å². The predicted molar refractivity (Wildman–Crippen MR) is 103 cm³/mol. The van der Waals surface area contributed by atoms with Crippen LogP contribution in [0.25, 0.3) is 21.3 Å². The smallest absolute Gasteiger partial charge is 0.124 e. The summed E-state index contributed by atoms with van der Waals surface area (Å²) in [5.41, 5.74) is 7.19. The maximum absolute atomic E-state index is 6.15. The molecule has 1 atom stereocenters. The molecule has 0 radical (unpaired) electrons. The lowest BCUT2D eigenvalue weighted by Crippen LogP contribution is -2.11. The number of rotatable bonds is 1. The van der Waals surface area contributed by atoms with E-state index in [4.69, 9.17) is 16.6 Å². The van der Waals surface area contributed by atoms with Crippen molar-refractivity contribution < 1.29 is 0 Å². The fourth-order valence-corrected chi connectivity index (χ4v) is 5.90. The lowest BCUT2D eigenvalue weighted by molar-refractivity contribution is 0.577. The number of hydrogen-bond donors (Lipinski definition) is 0. The van der Waals surface area contributed by atoms with Crippen LogP contribution in [0.1, 0.15) is 53.8 Å². The molecule has 2 aliphatic carbocycles. The third-order valence-corrected chi connectivity index (χ3v) is 7.09. The quantitative estimate of drug-likeness (QED) is 0.483. The molecule has 0 fully saturated rings. The molecule has 2 aliphatic rings. The maximum Gasteiger partial charge on any atom is 0.124 e. The molecule has 2 aromatic heterocycles. The molecule has 2 heterocycles. The number of nitrogens with zero attached hydrogens (tertiary/aromatic N) is 1. The van der Waals surface area contributed by atoms with Gasteiger partial charge in [-0.25, -0.2) is 4.98 Å². The Labute approximate surface area is 151 Å². The van der Waals surface area contributed by atoms with Gasteiger partial charge in [-0.15, -0.1) is 11.3 Å². The van der Waals surface area contributed by atoms with E-state index in [2.05, 4.69) is 19.1 Å². The van der Waals surface area contributed by atoms with Crippen molar-refractivity contribution in [2.24, 2.45) is 0 Å². The minimum absolute atomic E-state index is 0.571. The minimum Gasteiger partial charge on any atom is -0.241 e. The van der Waals surface area contributed by atoms with E-state index >= 15 is 0 Å². The number of benzene rings is 1. The number of aryl methyl sites for hydroxylation is 2. The molecular formula is C21H20ClNS. The molecule has 0 saturated carbocycles. The Morgan fingerprint density at radius 2 is 1.83 bits per heavy atom. The molecule has 1 nitrogen and oxygen atoms in total. The molecule has 122 valence electrons. The summed E-state index contributed by atoms with van der Waals surface area (Å²) in [5, 5.41) is 2.25. The van der Waals surface area contributed by atoms with Crippen LogP contribution >= 0.6 is 22.9 Å². The van der Waals surface area contributed by atoms with Crippen LogP contribution < -0.4 is 0 Å². The van der Waals surface area contributed by atoms with Gasteiger partial charge in [0.2, 0.25) is 0 Å². The highest BCUT2D eigenvalue weighted by molar-refractivity contribution is 7.19. The van der Waals surface area contributed by atoms with E-state index in [1.807, 2.05) is 23.5 Å². The SMILES string of the molecule is C[C@@H]1CCCc2c1nc1sc3c(c1c2-c1ccc(Cl)cc1)CCC3. The van der Waals surface area contributed by atoms with Crippen LogP contribution in [0.5, 0.6) is 0 Å². The first-order valence-electron chi connectivity index (χ1n) is 8.95. The highest BCUT2D eigenvalue weighted by Crippen LogP contribution is 2.46. The standard InChI is InChI=1S/C21H20ClNS/c1-12-4-2-6-16-18(13-8-10-14(22)11-9-13)19-15-5-3-7-17(15)24-21(19)23-20(12)16/h8-12H,2-7H2,1H3/t12-/m1/s1. The lowest BCUT2D eigenvalue weighted by Gasteiger charge is -2.25. The van der Waals surface area contributed by atoms with Crippen molar-refractivity contribution in [2.75, 3.05) is 0 Å². The van der Waals surface area contributed by atoms with E-state index in [-0.39, 0.29) is 0 Å². The monoisotopic (exact) mass is 353 g/mol. The molecule has 0 aliphatic heterocycles. The molecule has 3 heteroatoms. The Morgan fingerprint density at radius 1 is 1.04 bits per heavy atom. The number of fused-ring (bicyclic) bond motifs is 4. The van der Waals surface area contributed by atoms with Crippen LogP contribution in [-0.4, -0.2) is 4.98 Å². The van der Waals surface area contributed by atoms with Gasteiger partial charge in [-0.05, 0) is 78.8 Å². The van der Waals surface area contributed by atoms with Crippen molar-refractivity contribution in [3.05, 3.63) is 51.0 Å². The largest absolute Gasteiger partial charge is 0.241 e. The Balaban J connectivity index is 1.89. The van der Waals surface area contributed by atoms with Crippen molar-refractivity contribution in [1.82, 2.24) is 4.98 Å². The third-order valence-electron chi connectivity index (χ3n) is 5.65. The van der Waals surface area contributed by atoms with Crippen LogP contribution in [0.4, 0.5) is 0 Å². The number of pyridine rings is 1. The summed E-state index contributed by atoms with van der Waals surface area (Å²) in [6.45, 7) is 2.34. The Bertz CT molecular complexity index is 939. The van der Waals surface area contributed by atoms with Crippen LogP contribution in [-0.2, 0) is 19.3 Å². The second-order valence-electron chi connectivity index (χ2n) is 7.19. The molecule has 0 N–H and O–H groups in total. The predicted octanol–water partition coefficient (Wildman–Crippen LogP) is 6.55. The Morgan fingerprint density at radius 3 is 2.67 bits per heavy atom. The molecular weight excluding hydrogens is 334 g/mol. The number of hydrogen-bond acceptors (Lipinski definition) is 2. The van der Waals surface area contributed by atoms with E-state index in [1.165, 1.54) is 64.7 Å². The maximum atomic E-state index is 6.15. The zero-order valence-corrected chi connectivity index (χ0v) is 15.4. The first-order chi connectivity index (χ1) is 11.7. The second-order valence-corrected chi connectivity index (χ2v) is 8.71. The zero-order chi connectivity index (χ0) is 16.3. The normalized spacial score (nSPS) is 19.5.